The molecule has 0 saturated heterocycles. The van der Waals surface area contributed by atoms with Crippen LogP contribution in [0.4, 0.5) is 0 Å². The highest BCUT2D eigenvalue weighted by molar-refractivity contribution is 5.72. The minimum Gasteiger partial charge on any atom is -0.496 e. The van der Waals surface area contributed by atoms with Gasteiger partial charge in [-0.3, -0.25) is 0 Å². The van der Waals surface area contributed by atoms with Gasteiger partial charge < -0.3 is 14.0 Å². The molecule has 0 radical (unpaired) electrons. The van der Waals surface area contributed by atoms with Gasteiger partial charge in [0.25, 0.3) is 0 Å². The maximum Gasteiger partial charge on any atom is 0.155 e. The largest absolute Gasteiger partial charge is 0.496 e. The molecule has 0 aliphatic heterocycles. The van der Waals surface area contributed by atoms with E-state index >= 15 is 0 Å². The number of nitrogens with zero attached hydrogens (tertiary/aromatic N) is 5. The standard InChI is InChI=1S/C18H17N5O2/c1-24-14-6-4-7-15(25-2)17(14)18-19-9-10-22(18)11-13-5-3-8-16-20-12-21-23(13)16/h3-10,12H,11H2,1-2H3. The lowest BCUT2D eigenvalue weighted by molar-refractivity contribution is 0.396. The number of hydrogen-bond donors (Lipinski definition) is 0. The van der Waals surface area contributed by atoms with E-state index in [0.717, 1.165) is 22.7 Å². The van der Waals surface area contributed by atoms with Gasteiger partial charge in [0, 0.05) is 12.4 Å². The van der Waals surface area contributed by atoms with Crippen molar-refractivity contribution in [3.63, 3.8) is 0 Å². The summed E-state index contributed by atoms with van der Waals surface area (Å²) >= 11 is 0. The van der Waals surface area contributed by atoms with Crippen LogP contribution in [0.15, 0.2) is 55.1 Å². The molecular weight excluding hydrogens is 318 g/mol. The Labute approximate surface area is 144 Å². The lowest BCUT2D eigenvalue weighted by atomic mass is 10.1. The van der Waals surface area contributed by atoms with Gasteiger partial charge in [-0.1, -0.05) is 12.1 Å². The van der Waals surface area contributed by atoms with Crippen LogP contribution in [0, 0.1) is 0 Å². The molecule has 0 unspecified atom stereocenters. The van der Waals surface area contributed by atoms with Gasteiger partial charge in [0.05, 0.1) is 26.5 Å². The Bertz CT molecular complexity index is 999. The van der Waals surface area contributed by atoms with Crippen LogP contribution < -0.4 is 9.47 Å². The van der Waals surface area contributed by atoms with Crippen LogP contribution in [-0.4, -0.2) is 38.4 Å². The number of methoxy groups -OCH3 is 2. The molecule has 0 aliphatic rings. The first-order valence-electron chi connectivity index (χ1n) is 7.82. The summed E-state index contributed by atoms with van der Waals surface area (Å²) in [7, 11) is 3.28. The molecule has 7 heteroatoms. The van der Waals surface area contributed by atoms with E-state index in [1.54, 1.807) is 26.7 Å². The minimum absolute atomic E-state index is 0.594. The Kier molecular flexibility index (Phi) is 3.81. The van der Waals surface area contributed by atoms with Crippen LogP contribution in [0.5, 0.6) is 11.5 Å². The zero-order valence-corrected chi connectivity index (χ0v) is 14.0. The second-order valence-corrected chi connectivity index (χ2v) is 5.46. The van der Waals surface area contributed by atoms with E-state index in [4.69, 9.17) is 9.47 Å². The van der Waals surface area contributed by atoms with Gasteiger partial charge in [-0.25, -0.2) is 14.5 Å². The van der Waals surface area contributed by atoms with Gasteiger partial charge in [0.2, 0.25) is 0 Å². The highest BCUT2D eigenvalue weighted by Gasteiger charge is 2.18. The van der Waals surface area contributed by atoms with Crippen molar-refractivity contribution in [2.45, 2.75) is 6.54 Å². The van der Waals surface area contributed by atoms with Crippen LogP contribution in [0.1, 0.15) is 5.69 Å². The number of aromatic nitrogens is 5. The molecule has 3 heterocycles. The van der Waals surface area contributed by atoms with Gasteiger partial charge in [0.15, 0.2) is 5.65 Å². The van der Waals surface area contributed by atoms with Gasteiger partial charge in [-0.2, -0.15) is 5.10 Å². The number of rotatable bonds is 5. The van der Waals surface area contributed by atoms with Gasteiger partial charge in [0.1, 0.15) is 29.2 Å². The molecule has 4 rings (SSSR count). The number of fused-ring (bicyclic) bond motifs is 1. The molecule has 4 aromatic rings. The van der Waals surface area contributed by atoms with E-state index in [1.165, 1.54) is 0 Å². The first kappa shape index (κ1) is 15.2. The second kappa shape index (κ2) is 6.27. The SMILES string of the molecule is COc1cccc(OC)c1-c1nccn1Cc1cccc2ncnn12. The minimum atomic E-state index is 0.594. The zero-order chi connectivity index (χ0) is 17.2. The molecule has 0 saturated carbocycles. The third-order valence-corrected chi connectivity index (χ3v) is 4.08. The fourth-order valence-electron chi connectivity index (χ4n) is 2.93. The third-order valence-electron chi connectivity index (χ3n) is 4.08. The zero-order valence-electron chi connectivity index (χ0n) is 14.0. The van der Waals surface area contributed by atoms with E-state index in [1.807, 2.05) is 51.7 Å². The Hall–Kier alpha value is -3.35. The van der Waals surface area contributed by atoms with Crippen LogP contribution >= 0.6 is 0 Å². The molecule has 0 amide bonds. The van der Waals surface area contributed by atoms with E-state index < -0.39 is 0 Å². The van der Waals surface area contributed by atoms with Crippen molar-refractivity contribution in [2.75, 3.05) is 14.2 Å². The third kappa shape index (κ3) is 2.59. The average molecular weight is 335 g/mol. The molecular formula is C18H17N5O2. The molecule has 0 fully saturated rings. The molecule has 0 bridgehead atoms. The first-order chi connectivity index (χ1) is 12.3. The van der Waals surface area contributed by atoms with Gasteiger partial charge >= 0.3 is 0 Å². The normalized spacial score (nSPS) is 11.0. The number of imidazole rings is 1. The van der Waals surface area contributed by atoms with Crippen molar-refractivity contribution in [3.05, 3.63) is 60.8 Å². The second-order valence-electron chi connectivity index (χ2n) is 5.46. The summed E-state index contributed by atoms with van der Waals surface area (Å²) in [6.07, 6.45) is 5.25. The molecule has 3 aromatic heterocycles. The topological polar surface area (TPSA) is 66.5 Å². The Balaban J connectivity index is 1.81. The Morgan fingerprint density at radius 2 is 1.72 bits per heavy atom. The fraction of sp³-hybridized carbons (Fsp3) is 0.167. The first-order valence-corrected chi connectivity index (χ1v) is 7.82. The summed E-state index contributed by atoms with van der Waals surface area (Å²) < 4.78 is 14.9. The predicted molar refractivity (Wildman–Crippen MR) is 92.9 cm³/mol. The van der Waals surface area contributed by atoms with Crippen molar-refractivity contribution >= 4 is 5.65 Å². The van der Waals surface area contributed by atoms with E-state index in [-0.39, 0.29) is 0 Å². The molecule has 0 spiro atoms. The lowest BCUT2D eigenvalue weighted by Gasteiger charge is -2.14. The molecule has 25 heavy (non-hydrogen) atoms. The van der Waals surface area contributed by atoms with Gasteiger partial charge in [-0.05, 0) is 24.3 Å². The average Bonchev–Trinajstić information content (AvgIpc) is 3.30. The molecule has 7 nitrogen and oxygen atoms in total. The summed E-state index contributed by atoms with van der Waals surface area (Å²) in [6.45, 7) is 0.594. The molecule has 0 atom stereocenters. The summed E-state index contributed by atoms with van der Waals surface area (Å²) in [6, 6.07) is 11.6. The summed E-state index contributed by atoms with van der Waals surface area (Å²) in [5, 5.41) is 4.29. The maximum atomic E-state index is 5.51. The van der Waals surface area contributed by atoms with Crippen molar-refractivity contribution in [1.82, 2.24) is 24.1 Å². The maximum absolute atomic E-state index is 5.51. The fourth-order valence-corrected chi connectivity index (χ4v) is 2.93. The van der Waals surface area contributed by atoms with Crippen molar-refractivity contribution in [3.8, 4) is 22.9 Å². The van der Waals surface area contributed by atoms with Crippen molar-refractivity contribution < 1.29 is 9.47 Å². The summed E-state index contributed by atoms with van der Waals surface area (Å²) in [5.41, 5.74) is 2.64. The molecule has 0 N–H and O–H groups in total. The van der Waals surface area contributed by atoms with Crippen LogP contribution in [0.2, 0.25) is 0 Å². The highest BCUT2D eigenvalue weighted by Crippen LogP contribution is 2.37. The summed E-state index contributed by atoms with van der Waals surface area (Å²) in [4.78, 5) is 8.76. The highest BCUT2D eigenvalue weighted by atomic mass is 16.5. The van der Waals surface area contributed by atoms with E-state index in [9.17, 15) is 0 Å². The number of hydrogen-bond acceptors (Lipinski definition) is 5. The Morgan fingerprint density at radius 1 is 0.960 bits per heavy atom. The van der Waals surface area contributed by atoms with Crippen LogP contribution in [-0.2, 0) is 6.54 Å². The van der Waals surface area contributed by atoms with Gasteiger partial charge in [-0.15, -0.1) is 0 Å². The number of pyridine rings is 1. The van der Waals surface area contributed by atoms with Crippen LogP contribution in [0.25, 0.3) is 17.0 Å². The smallest absolute Gasteiger partial charge is 0.155 e. The van der Waals surface area contributed by atoms with Crippen molar-refractivity contribution in [2.24, 2.45) is 0 Å². The quantitative estimate of drug-likeness (QED) is 0.561. The van der Waals surface area contributed by atoms with Crippen LogP contribution in [0.3, 0.4) is 0 Å². The Morgan fingerprint density at radius 3 is 2.48 bits per heavy atom. The monoisotopic (exact) mass is 335 g/mol. The molecule has 1 aromatic carbocycles. The number of benzene rings is 1. The van der Waals surface area contributed by atoms with E-state index in [0.29, 0.717) is 18.0 Å². The number of ether oxygens (including phenoxy) is 2. The molecule has 0 aliphatic carbocycles. The molecule has 126 valence electrons. The van der Waals surface area contributed by atoms with Crippen molar-refractivity contribution in [1.29, 1.82) is 0 Å². The van der Waals surface area contributed by atoms with E-state index in [2.05, 4.69) is 15.1 Å². The predicted octanol–water partition coefficient (Wildman–Crippen LogP) is 2.66. The summed E-state index contributed by atoms with van der Waals surface area (Å²) in [5.74, 6) is 2.20. The lowest BCUT2D eigenvalue weighted by Crippen LogP contribution is -2.07.